The van der Waals surface area contributed by atoms with Gasteiger partial charge in [-0.05, 0) is 24.2 Å². The molecule has 1 saturated carbocycles. The van der Waals surface area contributed by atoms with Crippen molar-refractivity contribution in [2.24, 2.45) is 11.3 Å². The maximum Gasteiger partial charge on any atom is 0.326 e. The van der Waals surface area contributed by atoms with Crippen molar-refractivity contribution in [2.75, 3.05) is 6.54 Å². The fraction of sp³-hybridized carbons (Fsp3) is 0.875. The number of rotatable bonds is 5. The first-order valence-electron chi connectivity index (χ1n) is 7.93. The van der Waals surface area contributed by atoms with Gasteiger partial charge in [-0.25, -0.2) is 9.59 Å². The normalized spacial score (nSPS) is 17.8. The Labute approximate surface area is 128 Å². The molecule has 0 saturated heterocycles. The number of urea groups is 1. The molecule has 2 N–H and O–H groups in total. The van der Waals surface area contributed by atoms with Crippen molar-refractivity contribution in [3.8, 4) is 0 Å². The van der Waals surface area contributed by atoms with E-state index in [0.717, 1.165) is 25.7 Å². The summed E-state index contributed by atoms with van der Waals surface area (Å²) in [5.74, 6) is -0.610. The lowest BCUT2D eigenvalue weighted by molar-refractivity contribution is -0.142. The molecule has 0 radical (unpaired) electrons. The Bertz CT molecular complexity index is 368. The molecule has 0 aromatic carbocycles. The van der Waals surface area contributed by atoms with Gasteiger partial charge >= 0.3 is 12.0 Å². The largest absolute Gasteiger partial charge is 0.480 e. The zero-order valence-corrected chi connectivity index (χ0v) is 14.0. The quantitative estimate of drug-likeness (QED) is 0.819. The van der Waals surface area contributed by atoms with Crippen LogP contribution in [0, 0.1) is 11.3 Å². The van der Waals surface area contributed by atoms with Crippen LogP contribution in [0.3, 0.4) is 0 Å². The van der Waals surface area contributed by atoms with E-state index in [2.05, 4.69) is 19.2 Å². The summed E-state index contributed by atoms with van der Waals surface area (Å²) in [4.78, 5) is 25.8. The third-order valence-electron chi connectivity index (χ3n) is 3.97. The van der Waals surface area contributed by atoms with E-state index in [4.69, 9.17) is 0 Å². The molecule has 1 aliphatic carbocycles. The van der Waals surface area contributed by atoms with E-state index >= 15 is 0 Å². The van der Waals surface area contributed by atoms with Crippen LogP contribution in [0.25, 0.3) is 0 Å². The van der Waals surface area contributed by atoms with Gasteiger partial charge in [0.05, 0.1) is 0 Å². The van der Waals surface area contributed by atoms with Gasteiger partial charge in [0.1, 0.15) is 6.04 Å². The Balaban J connectivity index is 2.81. The second-order valence-corrected chi connectivity index (χ2v) is 7.57. The molecule has 0 aromatic heterocycles. The first-order valence-corrected chi connectivity index (χ1v) is 7.93. The molecule has 0 bridgehead atoms. The minimum atomic E-state index is -0.980. The second-order valence-electron chi connectivity index (χ2n) is 7.57. The van der Waals surface area contributed by atoms with Crippen LogP contribution in [0.4, 0.5) is 4.79 Å². The lowest BCUT2D eigenvalue weighted by Gasteiger charge is -2.34. The van der Waals surface area contributed by atoms with E-state index in [1.165, 1.54) is 0 Å². The fourth-order valence-electron chi connectivity index (χ4n) is 2.86. The smallest absolute Gasteiger partial charge is 0.326 e. The van der Waals surface area contributed by atoms with Crippen LogP contribution < -0.4 is 5.32 Å². The highest BCUT2D eigenvalue weighted by atomic mass is 16.4. The lowest BCUT2D eigenvalue weighted by atomic mass is 9.87. The van der Waals surface area contributed by atoms with E-state index in [9.17, 15) is 14.7 Å². The van der Waals surface area contributed by atoms with Crippen LogP contribution in [0.15, 0.2) is 0 Å². The number of hydrogen-bond donors (Lipinski definition) is 2. The molecule has 1 atom stereocenters. The van der Waals surface area contributed by atoms with E-state index in [-0.39, 0.29) is 12.1 Å². The van der Waals surface area contributed by atoms with Crippen molar-refractivity contribution in [3.05, 3.63) is 0 Å². The number of nitrogens with one attached hydrogen (secondary N) is 1. The molecule has 1 rings (SSSR count). The monoisotopic (exact) mass is 298 g/mol. The molecule has 21 heavy (non-hydrogen) atoms. The maximum absolute atomic E-state index is 12.6. The predicted octanol–water partition coefficient (Wildman–Crippen LogP) is 3.10. The van der Waals surface area contributed by atoms with Gasteiger partial charge in [0.2, 0.25) is 0 Å². The Hall–Kier alpha value is -1.26. The van der Waals surface area contributed by atoms with Gasteiger partial charge < -0.3 is 15.3 Å². The molecule has 1 fully saturated rings. The topological polar surface area (TPSA) is 69.6 Å². The predicted molar refractivity (Wildman–Crippen MR) is 83.2 cm³/mol. The third-order valence-corrected chi connectivity index (χ3v) is 3.97. The number of carboxylic acids is 1. The van der Waals surface area contributed by atoms with Gasteiger partial charge in [-0.3, -0.25) is 0 Å². The van der Waals surface area contributed by atoms with Crippen LogP contribution >= 0.6 is 0 Å². The molecular weight excluding hydrogens is 268 g/mol. The minimum Gasteiger partial charge on any atom is -0.480 e. The summed E-state index contributed by atoms with van der Waals surface area (Å²) in [6.45, 7) is 10.3. The summed E-state index contributed by atoms with van der Waals surface area (Å²) in [5.41, 5.74) is -0.513. The molecule has 5 nitrogen and oxygen atoms in total. The van der Waals surface area contributed by atoms with Crippen molar-refractivity contribution < 1.29 is 14.7 Å². The SMILES string of the molecule is CC(C)CN(C(=O)N[C@@H](C(=O)O)C(C)(C)C)C1CCCC1. The average Bonchev–Trinajstić information content (AvgIpc) is 2.84. The van der Waals surface area contributed by atoms with Gasteiger partial charge in [0, 0.05) is 12.6 Å². The van der Waals surface area contributed by atoms with Crippen LogP contribution in [-0.4, -0.2) is 40.6 Å². The second kappa shape index (κ2) is 7.14. The maximum atomic E-state index is 12.6. The third kappa shape index (κ3) is 5.21. The number of carbonyl (C=O) groups is 2. The minimum absolute atomic E-state index is 0.238. The molecule has 0 aromatic rings. The highest BCUT2D eigenvalue weighted by Gasteiger charge is 2.35. The van der Waals surface area contributed by atoms with Crippen molar-refractivity contribution in [1.29, 1.82) is 0 Å². The summed E-state index contributed by atoms with van der Waals surface area (Å²) in [5, 5.41) is 12.1. The zero-order chi connectivity index (χ0) is 16.2. The molecule has 5 heteroatoms. The van der Waals surface area contributed by atoms with E-state index in [1.54, 1.807) is 0 Å². The van der Waals surface area contributed by atoms with Crippen LogP contribution in [0.2, 0.25) is 0 Å². The van der Waals surface area contributed by atoms with Crippen LogP contribution in [0.1, 0.15) is 60.3 Å². The standard InChI is InChI=1S/C16H30N2O3/c1-11(2)10-18(12-8-6-7-9-12)15(21)17-13(14(19)20)16(3,4)5/h11-13H,6-10H2,1-5H3,(H,17,21)(H,19,20)/t13-/m0/s1. The van der Waals surface area contributed by atoms with Gasteiger partial charge in [0.25, 0.3) is 0 Å². The Kier molecular flexibility index (Phi) is 6.05. The highest BCUT2D eigenvalue weighted by molar-refractivity contribution is 5.83. The first kappa shape index (κ1) is 17.8. The molecule has 0 aliphatic heterocycles. The van der Waals surface area contributed by atoms with Crippen molar-refractivity contribution in [1.82, 2.24) is 10.2 Å². The Morgan fingerprint density at radius 2 is 1.76 bits per heavy atom. The number of nitrogens with zero attached hydrogens (tertiary/aromatic N) is 1. The zero-order valence-electron chi connectivity index (χ0n) is 14.0. The van der Waals surface area contributed by atoms with E-state index < -0.39 is 17.4 Å². The summed E-state index contributed by atoms with van der Waals surface area (Å²) in [7, 11) is 0. The van der Waals surface area contributed by atoms with Gasteiger partial charge in [-0.2, -0.15) is 0 Å². The molecule has 0 heterocycles. The fourth-order valence-corrected chi connectivity index (χ4v) is 2.86. The first-order chi connectivity index (χ1) is 9.62. The van der Waals surface area contributed by atoms with Crippen molar-refractivity contribution >= 4 is 12.0 Å². The Morgan fingerprint density at radius 1 is 1.24 bits per heavy atom. The van der Waals surface area contributed by atoms with Gasteiger partial charge in [-0.15, -0.1) is 0 Å². The van der Waals surface area contributed by atoms with Gasteiger partial charge in [-0.1, -0.05) is 47.5 Å². The van der Waals surface area contributed by atoms with Crippen molar-refractivity contribution in [3.63, 3.8) is 0 Å². The van der Waals surface area contributed by atoms with Crippen LogP contribution in [0.5, 0.6) is 0 Å². The van der Waals surface area contributed by atoms with E-state index in [1.807, 2.05) is 25.7 Å². The molecule has 1 aliphatic rings. The summed E-state index contributed by atoms with van der Waals surface area (Å²) >= 11 is 0. The number of aliphatic carboxylic acids is 1. The molecule has 0 spiro atoms. The summed E-state index contributed by atoms with van der Waals surface area (Å²) < 4.78 is 0. The number of carboxylic acid groups (broad SMARTS) is 1. The van der Waals surface area contributed by atoms with Crippen LogP contribution in [-0.2, 0) is 4.79 Å². The average molecular weight is 298 g/mol. The number of amides is 2. The lowest BCUT2D eigenvalue weighted by Crippen LogP contribution is -2.55. The highest BCUT2D eigenvalue weighted by Crippen LogP contribution is 2.25. The number of hydrogen-bond acceptors (Lipinski definition) is 2. The van der Waals surface area contributed by atoms with Crippen molar-refractivity contribution in [2.45, 2.75) is 72.4 Å². The number of carbonyl (C=O) groups excluding carboxylic acids is 1. The Morgan fingerprint density at radius 3 is 2.14 bits per heavy atom. The van der Waals surface area contributed by atoms with Gasteiger partial charge in [0.15, 0.2) is 0 Å². The summed E-state index contributed by atoms with van der Waals surface area (Å²) in [6.07, 6.45) is 4.34. The summed E-state index contributed by atoms with van der Waals surface area (Å²) in [6, 6.07) is -0.860. The molecular formula is C16H30N2O3. The molecule has 2 amide bonds. The molecule has 0 unspecified atom stereocenters. The van der Waals surface area contributed by atoms with E-state index in [0.29, 0.717) is 12.5 Å². The molecule has 122 valence electrons.